The third kappa shape index (κ3) is 3.41. The fraction of sp³-hybridized carbons (Fsp3) is 0.0526. The van der Waals surface area contributed by atoms with Gasteiger partial charge in [-0.15, -0.1) is 0 Å². The van der Waals surface area contributed by atoms with Gasteiger partial charge in [-0.2, -0.15) is 0 Å². The van der Waals surface area contributed by atoms with E-state index in [1.807, 2.05) is 31.2 Å². The number of rotatable bonds is 4. The second kappa shape index (κ2) is 6.91. The predicted octanol–water partition coefficient (Wildman–Crippen LogP) is 4.53. The monoisotopic (exact) mass is 321 g/mol. The fourth-order valence-electron chi connectivity index (χ4n) is 2.28. The van der Waals surface area contributed by atoms with Gasteiger partial charge in [-0.3, -0.25) is 4.79 Å². The standard InChI is InChI=1S/C19H16FN3O/c1-13-7-2-5-10-16(13)22-18-17(11-6-12-21-18)23-19(24)14-8-3-4-9-15(14)20/h2-12H,1H3,(H,21,22)(H,23,24). The first-order chi connectivity index (χ1) is 11.6. The van der Waals surface area contributed by atoms with Crippen LogP contribution in [0.5, 0.6) is 0 Å². The van der Waals surface area contributed by atoms with Gasteiger partial charge in [-0.1, -0.05) is 30.3 Å². The van der Waals surface area contributed by atoms with Gasteiger partial charge in [0.25, 0.3) is 5.91 Å². The van der Waals surface area contributed by atoms with E-state index >= 15 is 0 Å². The first kappa shape index (κ1) is 15.7. The molecule has 0 radical (unpaired) electrons. The molecular formula is C19H16FN3O. The highest BCUT2D eigenvalue weighted by Gasteiger charge is 2.13. The third-order valence-electron chi connectivity index (χ3n) is 3.57. The second-order valence-corrected chi connectivity index (χ2v) is 5.27. The number of pyridine rings is 1. The van der Waals surface area contributed by atoms with Gasteiger partial charge in [0.05, 0.1) is 11.3 Å². The van der Waals surface area contributed by atoms with Crippen molar-refractivity contribution in [2.75, 3.05) is 10.6 Å². The maximum Gasteiger partial charge on any atom is 0.258 e. The number of hydrogen-bond acceptors (Lipinski definition) is 3. The summed E-state index contributed by atoms with van der Waals surface area (Å²) >= 11 is 0. The van der Waals surface area contributed by atoms with Crippen LogP contribution in [0.15, 0.2) is 66.9 Å². The summed E-state index contributed by atoms with van der Waals surface area (Å²) in [6, 6.07) is 17.0. The van der Waals surface area contributed by atoms with Crippen molar-refractivity contribution >= 4 is 23.1 Å². The molecule has 0 unspecified atom stereocenters. The van der Waals surface area contributed by atoms with Gasteiger partial charge in [0, 0.05) is 11.9 Å². The van der Waals surface area contributed by atoms with Gasteiger partial charge in [0.1, 0.15) is 5.82 Å². The summed E-state index contributed by atoms with van der Waals surface area (Å²) in [6.45, 7) is 1.98. The van der Waals surface area contributed by atoms with Gasteiger partial charge < -0.3 is 10.6 Å². The summed E-state index contributed by atoms with van der Waals surface area (Å²) in [5, 5.41) is 5.90. The predicted molar refractivity (Wildman–Crippen MR) is 93.1 cm³/mol. The number of nitrogens with zero attached hydrogens (tertiary/aromatic N) is 1. The first-order valence-electron chi connectivity index (χ1n) is 7.48. The molecule has 0 spiro atoms. The normalized spacial score (nSPS) is 10.2. The molecule has 120 valence electrons. The van der Waals surface area contributed by atoms with E-state index in [1.165, 1.54) is 12.1 Å². The minimum absolute atomic E-state index is 0.0109. The first-order valence-corrected chi connectivity index (χ1v) is 7.48. The van der Waals surface area contributed by atoms with E-state index in [1.54, 1.807) is 30.5 Å². The molecule has 1 heterocycles. The minimum Gasteiger partial charge on any atom is -0.338 e. The average molecular weight is 321 g/mol. The van der Waals surface area contributed by atoms with Crippen molar-refractivity contribution in [2.24, 2.45) is 0 Å². The van der Waals surface area contributed by atoms with Crippen molar-refractivity contribution in [1.29, 1.82) is 0 Å². The van der Waals surface area contributed by atoms with Crippen LogP contribution < -0.4 is 10.6 Å². The Kier molecular flexibility index (Phi) is 4.52. The number of halogens is 1. The lowest BCUT2D eigenvalue weighted by Crippen LogP contribution is -2.15. The molecule has 0 saturated carbocycles. The molecule has 0 aliphatic heterocycles. The molecule has 5 heteroatoms. The molecule has 3 aromatic rings. The van der Waals surface area contributed by atoms with Crippen molar-refractivity contribution < 1.29 is 9.18 Å². The van der Waals surface area contributed by atoms with E-state index in [-0.39, 0.29) is 5.56 Å². The van der Waals surface area contributed by atoms with E-state index in [9.17, 15) is 9.18 Å². The maximum absolute atomic E-state index is 13.8. The Morgan fingerprint density at radius 3 is 2.46 bits per heavy atom. The molecule has 24 heavy (non-hydrogen) atoms. The lowest BCUT2D eigenvalue weighted by atomic mass is 10.2. The summed E-state index contributed by atoms with van der Waals surface area (Å²) in [4.78, 5) is 16.6. The zero-order valence-electron chi connectivity index (χ0n) is 13.1. The highest BCUT2D eigenvalue weighted by atomic mass is 19.1. The second-order valence-electron chi connectivity index (χ2n) is 5.27. The summed E-state index contributed by atoms with van der Waals surface area (Å²) in [5.74, 6) is -0.585. The smallest absolute Gasteiger partial charge is 0.258 e. The van der Waals surface area contributed by atoms with Crippen molar-refractivity contribution in [3.63, 3.8) is 0 Å². The van der Waals surface area contributed by atoms with Gasteiger partial charge in [-0.25, -0.2) is 9.37 Å². The van der Waals surface area contributed by atoms with Crippen molar-refractivity contribution in [3.8, 4) is 0 Å². The minimum atomic E-state index is -0.563. The Balaban J connectivity index is 1.86. The molecule has 1 amide bonds. The van der Waals surface area contributed by atoms with E-state index in [2.05, 4.69) is 15.6 Å². The molecule has 0 bridgehead atoms. The van der Waals surface area contributed by atoms with Crippen LogP contribution in [0.4, 0.5) is 21.6 Å². The molecule has 2 N–H and O–H groups in total. The number of hydrogen-bond donors (Lipinski definition) is 2. The van der Waals surface area contributed by atoms with Crippen LogP contribution in [-0.2, 0) is 0 Å². The topological polar surface area (TPSA) is 54.0 Å². The fourth-order valence-corrected chi connectivity index (χ4v) is 2.28. The molecule has 0 aliphatic carbocycles. The Bertz CT molecular complexity index is 880. The molecule has 2 aromatic carbocycles. The molecule has 0 atom stereocenters. The highest BCUT2D eigenvalue weighted by Crippen LogP contribution is 2.25. The third-order valence-corrected chi connectivity index (χ3v) is 3.57. The Morgan fingerprint density at radius 2 is 1.67 bits per heavy atom. The molecule has 3 rings (SSSR count). The number of carbonyl (C=O) groups excluding carboxylic acids is 1. The number of anilines is 3. The van der Waals surface area contributed by atoms with Crippen LogP contribution >= 0.6 is 0 Å². The van der Waals surface area contributed by atoms with E-state index in [0.29, 0.717) is 11.5 Å². The molecular weight excluding hydrogens is 305 g/mol. The van der Waals surface area contributed by atoms with Crippen molar-refractivity contribution in [2.45, 2.75) is 6.92 Å². The Labute approximate surface area is 139 Å². The zero-order valence-corrected chi connectivity index (χ0v) is 13.1. The van der Waals surface area contributed by atoms with Gasteiger partial charge in [0.2, 0.25) is 0 Å². The van der Waals surface area contributed by atoms with Gasteiger partial charge in [-0.05, 0) is 42.8 Å². The molecule has 0 fully saturated rings. The van der Waals surface area contributed by atoms with E-state index < -0.39 is 11.7 Å². The quantitative estimate of drug-likeness (QED) is 0.742. The molecule has 0 aliphatic rings. The van der Waals surface area contributed by atoms with Crippen LogP contribution in [0.1, 0.15) is 15.9 Å². The van der Waals surface area contributed by atoms with Crippen LogP contribution in [0.3, 0.4) is 0 Å². The zero-order chi connectivity index (χ0) is 16.9. The van der Waals surface area contributed by atoms with E-state index in [0.717, 1.165) is 11.3 Å². The number of nitrogens with one attached hydrogen (secondary N) is 2. The molecule has 1 aromatic heterocycles. The molecule has 4 nitrogen and oxygen atoms in total. The summed E-state index contributed by atoms with van der Waals surface area (Å²) in [5.41, 5.74) is 2.41. The van der Waals surface area contributed by atoms with Crippen molar-refractivity contribution in [1.82, 2.24) is 4.98 Å². The van der Waals surface area contributed by atoms with Gasteiger partial charge in [0.15, 0.2) is 5.82 Å². The molecule has 0 saturated heterocycles. The summed E-state index contributed by atoms with van der Waals surface area (Å²) < 4.78 is 13.8. The van der Waals surface area contributed by atoms with E-state index in [4.69, 9.17) is 0 Å². The lowest BCUT2D eigenvalue weighted by molar-refractivity contribution is 0.102. The number of para-hydroxylation sites is 1. The van der Waals surface area contributed by atoms with Crippen molar-refractivity contribution in [3.05, 3.63) is 83.8 Å². The number of aryl methyl sites for hydroxylation is 1. The van der Waals surface area contributed by atoms with Crippen LogP contribution in [0.25, 0.3) is 0 Å². The largest absolute Gasteiger partial charge is 0.338 e. The summed E-state index contributed by atoms with van der Waals surface area (Å²) in [6.07, 6.45) is 1.62. The lowest BCUT2D eigenvalue weighted by Gasteiger charge is -2.13. The van der Waals surface area contributed by atoms with Gasteiger partial charge >= 0.3 is 0 Å². The summed E-state index contributed by atoms with van der Waals surface area (Å²) in [7, 11) is 0. The average Bonchev–Trinajstić information content (AvgIpc) is 2.59. The Hall–Kier alpha value is -3.21. The van der Waals surface area contributed by atoms with Crippen LogP contribution in [-0.4, -0.2) is 10.9 Å². The number of benzene rings is 2. The highest BCUT2D eigenvalue weighted by molar-refractivity contribution is 6.05. The SMILES string of the molecule is Cc1ccccc1Nc1ncccc1NC(=O)c1ccccc1F. The Morgan fingerprint density at radius 1 is 0.958 bits per heavy atom. The van der Waals surface area contributed by atoms with Crippen LogP contribution in [0, 0.1) is 12.7 Å². The van der Waals surface area contributed by atoms with Crippen LogP contribution in [0.2, 0.25) is 0 Å². The number of aromatic nitrogens is 1. The maximum atomic E-state index is 13.8. The number of amides is 1. The number of carbonyl (C=O) groups is 1.